The molecule has 1 aromatic carbocycles. The Labute approximate surface area is 165 Å². The van der Waals surface area contributed by atoms with Gasteiger partial charge in [-0.3, -0.25) is 14.6 Å². The van der Waals surface area contributed by atoms with Gasteiger partial charge in [-0.25, -0.2) is 0 Å². The van der Waals surface area contributed by atoms with E-state index in [4.69, 9.17) is 9.47 Å². The topological polar surface area (TPSA) is 78.0 Å². The molecule has 0 aliphatic rings. The normalized spacial score (nSPS) is 10.2. The van der Waals surface area contributed by atoms with Crippen LogP contribution in [-0.2, 0) is 20.9 Å². The second-order valence-electron chi connectivity index (χ2n) is 6.13. The van der Waals surface area contributed by atoms with E-state index in [-0.39, 0.29) is 18.3 Å². The maximum absolute atomic E-state index is 12.6. The van der Waals surface area contributed by atoms with Gasteiger partial charge in [-0.15, -0.1) is 0 Å². The molecular formula is C21H26N2O5. The van der Waals surface area contributed by atoms with Crippen LogP contribution in [0.15, 0.2) is 48.8 Å². The Morgan fingerprint density at radius 1 is 1.04 bits per heavy atom. The van der Waals surface area contributed by atoms with Crippen LogP contribution in [0.2, 0.25) is 0 Å². The Kier molecular flexibility index (Phi) is 8.78. The van der Waals surface area contributed by atoms with E-state index in [9.17, 15) is 9.59 Å². The van der Waals surface area contributed by atoms with Gasteiger partial charge in [-0.1, -0.05) is 6.07 Å². The van der Waals surface area contributed by atoms with Crippen molar-refractivity contribution in [2.75, 3.05) is 27.4 Å². The number of carbonyl (C=O) groups is 2. The van der Waals surface area contributed by atoms with Gasteiger partial charge in [0.15, 0.2) is 0 Å². The second kappa shape index (κ2) is 11.6. The van der Waals surface area contributed by atoms with Crippen molar-refractivity contribution in [1.82, 2.24) is 9.88 Å². The number of methoxy groups -OCH3 is 2. The first-order chi connectivity index (χ1) is 13.6. The Hall–Kier alpha value is -3.09. The van der Waals surface area contributed by atoms with Gasteiger partial charge in [0.05, 0.1) is 27.2 Å². The van der Waals surface area contributed by atoms with Gasteiger partial charge in [-0.05, 0) is 42.3 Å². The van der Waals surface area contributed by atoms with E-state index in [1.807, 2.05) is 36.4 Å². The molecule has 28 heavy (non-hydrogen) atoms. The monoisotopic (exact) mass is 386 g/mol. The molecule has 150 valence electrons. The number of carbonyl (C=O) groups excluding carboxylic acids is 2. The van der Waals surface area contributed by atoms with Crippen LogP contribution in [0.1, 0.15) is 24.8 Å². The lowest BCUT2D eigenvalue weighted by atomic mass is 10.2. The summed E-state index contributed by atoms with van der Waals surface area (Å²) < 4.78 is 15.4. The first kappa shape index (κ1) is 21.2. The quantitative estimate of drug-likeness (QED) is 0.437. The molecule has 7 nitrogen and oxygen atoms in total. The third-order valence-corrected chi connectivity index (χ3v) is 4.13. The lowest BCUT2D eigenvalue weighted by Gasteiger charge is -2.22. The van der Waals surface area contributed by atoms with Gasteiger partial charge < -0.3 is 19.1 Å². The summed E-state index contributed by atoms with van der Waals surface area (Å²) in [7, 11) is 2.95. The zero-order chi connectivity index (χ0) is 20.2. The first-order valence-electron chi connectivity index (χ1n) is 9.12. The molecule has 1 amide bonds. The van der Waals surface area contributed by atoms with E-state index in [0.717, 1.165) is 17.1 Å². The summed E-state index contributed by atoms with van der Waals surface area (Å²) in [5.74, 6) is 1.11. The highest BCUT2D eigenvalue weighted by atomic mass is 16.5. The zero-order valence-corrected chi connectivity index (χ0v) is 16.3. The van der Waals surface area contributed by atoms with Crippen molar-refractivity contribution in [1.29, 1.82) is 0 Å². The Balaban J connectivity index is 1.83. The maximum atomic E-state index is 12.6. The molecule has 0 fully saturated rings. The number of hydrogen-bond donors (Lipinski definition) is 0. The highest BCUT2D eigenvalue weighted by molar-refractivity contribution is 5.77. The fraction of sp³-hybridized carbons (Fsp3) is 0.381. The molecule has 7 heteroatoms. The highest BCUT2D eigenvalue weighted by Gasteiger charge is 2.16. The fourth-order valence-corrected chi connectivity index (χ4v) is 2.58. The molecule has 0 aliphatic heterocycles. The van der Waals surface area contributed by atoms with Crippen LogP contribution in [0.3, 0.4) is 0 Å². The van der Waals surface area contributed by atoms with Crippen molar-refractivity contribution in [3.05, 3.63) is 54.4 Å². The molecule has 0 unspecified atom stereocenters. The largest absolute Gasteiger partial charge is 0.497 e. The summed E-state index contributed by atoms with van der Waals surface area (Å²) in [4.78, 5) is 29.8. The van der Waals surface area contributed by atoms with Crippen LogP contribution in [-0.4, -0.2) is 49.1 Å². The van der Waals surface area contributed by atoms with Gasteiger partial charge >= 0.3 is 5.97 Å². The van der Waals surface area contributed by atoms with Crippen LogP contribution < -0.4 is 9.47 Å². The summed E-state index contributed by atoms with van der Waals surface area (Å²) in [6.07, 6.45) is 4.46. The summed E-state index contributed by atoms with van der Waals surface area (Å²) >= 11 is 0. The number of pyridine rings is 1. The first-order valence-corrected chi connectivity index (χ1v) is 9.12. The molecule has 0 aliphatic carbocycles. The number of esters is 1. The average Bonchev–Trinajstić information content (AvgIpc) is 2.74. The number of nitrogens with zero attached hydrogens (tertiary/aromatic N) is 2. The third-order valence-electron chi connectivity index (χ3n) is 4.13. The SMILES string of the molecule is COC(=O)CCN(Cc1cccnc1)C(=O)CCCOc1ccc(OC)cc1. The van der Waals surface area contributed by atoms with Crippen LogP contribution in [0.25, 0.3) is 0 Å². The summed E-state index contributed by atoms with van der Waals surface area (Å²) in [6, 6.07) is 11.0. The van der Waals surface area contributed by atoms with Crippen LogP contribution in [0.5, 0.6) is 11.5 Å². The van der Waals surface area contributed by atoms with E-state index in [1.54, 1.807) is 24.4 Å². The van der Waals surface area contributed by atoms with Gasteiger partial charge in [0.25, 0.3) is 0 Å². The van der Waals surface area contributed by atoms with Crippen molar-refractivity contribution in [2.24, 2.45) is 0 Å². The molecule has 0 saturated heterocycles. The van der Waals surface area contributed by atoms with E-state index in [0.29, 0.717) is 32.5 Å². The van der Waals surface area contributed by atoms with Gasteiger partial charge in [0, 0.05) is 31.9 Å². The fourth-order valence-electron chi connectivity index (χ4n) is 2.58. The minimum atomic E-state index is -0.341. The Morgan fingerprint density at radius 2 is 1.79 bits per heavy atom. The van der Waals surface area contributed by atoms with Crippen molar-refractivity contribution in [3.8, 4) is 11.5 Å². The number of amides is 1. The minimum absolute atomic E-state index is 0.0360. The standard InChI is InChI=1S/C21H26N2O5/c1-26-18-7-9-19(10-8-18)28-14-4-6-20(24)23(13-11-21(25)27-2)16-17-5-3-12-22-15-17/h3,5,7-10,12,15H,4,6,11,13-14,16H2,1-2H3. The maximum Gasteiger partial charge on any atom is 0.307 e. The molecule has 0 N–H and O–H groups in total. The summed E-state index contributed by atoms with van der Waals surface area (Å²) in [6.45, 7) is 1.14. The molecule has 1 aromatic heterocycles. The minimum Gasteiger partial charge on any atom is -0.497 e. The number of ether oxygens (including phenoxy) is 3. The van der Waals surface area contributed by atoms with Gasteiger partial charge in [0.1, 0.15) is 11.5 Å². The zero-order valence-electron chi connectivity index (χ0n) is 16.3. The molecule has 0 spiro atoms. The molecule has 0 atom stereocenters. The van der Waals surface area contributed by atoms with Crippen LogP contribution in [0.4, 0.5) is 0 Å². The number of hydrogen-bond acceptors (Lipinski definition) is 6. The molecule has 0 radical (unpaired) electrons. The molecule has 1 heterocycles. The Bertz CT molecular complexity index is 734. The molecule has 0 bridgehead atoms. The van der Waals surface area contributed by atoms with Crippen LogP contribution >= 0.6 is 0 Å². The van der Waals surface area contributed by atoms with E-state index in [2.05, 4.69) is 9.72 Å². The Morgan fingerprint density at radius 3 is 2.43 bits per heavy atom. The highest BCUT2D eigenvalue weighted by Crippen LogP contribution is 2.17. The van der Waals surface area contributed by atoms with Crippen molar-refractivity contribution < 1.29 is 23.8 Å². The predicted octanol–water partition coefficient (Wildman–Crippen LogP) is 2.84. The smallest absolute Gasteiger partial charge is 0.307 e. The van der Waals surface area contributed by atoms with E-state index in [1.165, 1.54) is 7.11 Å². The molecule has 2 rings (SSSR count). The molecule has 0 saturated carbocycles. The summed E-state index contributed by atoms with van der Waals surface area (Å²) in [5.41, 5.74) is 0.912. The van der Waals surface area contributed by atoms with Gasteiger partial charge in [-0.2, -0.15) is 0 Å². The number of rotatable bonds is 11. The van der Waals surface area contributed by atoms with Gasteiger partial charge in [0.2, 0.25) is 5.91 Å². The number of aromatic nitrogens is 1. The van der Waals surface area contributed by atoms with Crippen molar-refractivity contribution >= 4 is 11.9 Å². The van der Waals surface area contributed by atoms with Crippen molar-refractivity contribution in [2.45, 2.75) is 25.8 Å². The van der Waals surface area contributed by atoms with E-state index < -0.39 is 0 Å². The van der Waals surface area contributed by atoms with Crippen LogP contribution in [0, 0.1) is 0 Å². The lowest BCUT2D eigenvalue weighted by Crippen LogP contribution is -2.33. The van der Waals surface area contributed by atoms with Crippen molar-refractivity contribution in [3.63, 3.8) is 0 Å². The average molecular weight is 386 g/mol. The lowest BCUT2D eigenvalue weighted by molar-refractivity contribution is -0.142. The predicted molar refractivity (Wildman–Crippen MR) is 104 cm³/mol. The molecular weight excluding hydrogens is 360 g/mol. The second-order valence-corrected chi connectivity index (χ2v) is 6.13. The van der Waals surface area contributed by atoms with E-state index >= 15 is 0 Å². The summed E-state index contributed by atoms with van der Waals surface area (Å²) in [5, 5.41) is 0. The number of benzene rings is 1. The third kappa shape index (κ3) is 7.26. The molecule has 2 aromatic rings.